The Morgan fingerprint density at radius 2 is 1.91 bits per heavy atom. The summed E-state index contributed by atoms with van der Waals surface area (Å²) in [4.78, 5) is 13.6. The number of amidine groups is 1. The Morgan fingerprint density at radius 3 is 2.72 bits per heavy atom. The smallest absolute Gasteiger partial charge is 0.286 e. The quantitative estimate of drug-likeness (QED) is 0.618. The maximum Gasteiger partial charge on any atom is 0.286 e. The van der Waals surface area contributed by atoms with Gasteiger partial charge < -0.3 is 10.4 Å². The summed E-state index contributed by atoms with van der Waals surface area (Å²) in [5.74, 6) is -0.0742. The molecule has 2 aliphatic rings. The number of pyridine rings is 1. The molecule has 0 saturated heterocycles. The molecule has 9 heteroatoms. The Labute approximate surface area is 185 Å². The Bertz CT molecular complexity index is 1470. The van der Waals surface area contributed by atoms with E-state index in [0.29, 0.717) is 22.5 Å². The van der Waals surface area contributed by atoms with Gasteiger partial charge in [0.15, 0.2) is 5.84 Å². The maximum atomic E-state index is 13.6. The van der Waals surface area contributed by atoms with Crippen LogP contribution in [-0.4, -0.2) is 29.7 Å². The number of nitrogens with one attached hydrogen (secondary N) is 1. The van der Waals surface area contributed by atoms with Crippen LogP contribution in [0.15, 0.2) is 67.7 Å². The minimum absolute atomic E-state index is 0.0146. The van der Waals surface area contributed by atoms with Crippen molar-refractivity contribution in [3.8, 4) is 5.75 Å². The fourth-order valence-corrected chi connectivity index (χ4v) is 5.46. The minimum Gasteiger partial charge on any atom is -0.506 e. The predicted molar refractivity (Wildman–Crippen MR) is 124 cm³/mol. The van der Waals surface area contributed by atoms with Gasteiger partial charge in [0, 0.05) is 11.1 Å². The van der Waals surface area contributed by atoms with Gasteiger partial charge in [-0.15, -0.1) is 4.40 Å². The van der Waals surface area contributed by atoms with E-state index in [1.165, 1.54) is 10.7 Å². The van der Waals surface area contributed by atoms with Crippen molar-refractivity contribution in [2.24, 2.45) is 15.4 Å². The molecule has 1 atom stereocenters. The van der Waals surface area contributed by atoms with Crippen LogP contribution in [0.1, 0.15) is 38.2 Å². The van der Waals surface area contributed by atoms with Gasteiger partial charge in [0.2, 0.25) is 0 Å². The molecule has 32 heavy (non-hydrogen) atoms. The molecule has 0 amide bonds. The molecular formula is C23H22N4O4S. The van der Waals surface area contributed by atoms with Crippen LogP contribution in [0.3, 0.4) is 0 Å². The zero-order valence-corrected chi connectivity index (χ0v) is 18.3. The molecule has 1 saturated carbocycles. The number of para-hydroxylation sites is 2. The summed E-state index contributed by atoms with van der Waals surface area (Å²) in [6.45, 7) is 2.15. The van der Waals surface area contributed by atoms with E-state index in [1.54, 1.807) is 42.5 Å². The molecule has 0 bridgehead atoms. The molecule has 8 nitrogen and oxygen atoms in total. The van der Waals surface area contributed by atoms with E-state index in [9.17, 15) is 18.3 Å². The van der Waals surface area contributed by atoms with Crippen LogP contribution in [-0.2, 0) is 10.0 Å². The van der Waals surface area contributed by atoms with E-state index in [4.69, 9.17) is 0 Å². The highest BCUT2D eigenvalue weighted by Crippen LogP contribution is 2.32. The molecule has 1 aliphatic carbocycles. The number of aromatic hydroxyl groups is 1. The van der Waals surface area contributed by atoms with E-state index in [1.807, 2.05) is 0 Å². The summed E-state index contributed by atoms with van der Waals surface area (Å²) < 4.78 is 30.5. The molecule has 2 aromatic carbocycles. The highest BCUT2D eigenvalue weighted by Gasteiger charge is 2.30. The van der Waals surface area contributed by atoms with Crippen LogP contribution in [0, 0.1) is 5.92 Å². The Kier molecular flexibility index (Phi) is 4.85. The van der Waals surface area contributed by atoms with Gasteiger partial charge in [-0.3, -0.25) is 4.79 Å². The lowest BCUT2D eigenvalue weighted by molar-refractivity contribution is 0.477. The highest BCUT2D eigenvalue weighted by molar-refractivity contribution is 7.90. The molecular weight excluding hydrogens is 428 g/mol. The number of hydrogen-bond acceptors (Lipinski definition) is 6. The van der Waals surface area contributed by atoms with Gasteiger partial charge in [0.25, 0.3) is 15.6 Å². The second kappa shape index (κ2) is 7.59. The molecule has 0 unspecified atom stereocenters. The van der Waals surface area contributed by atoms with Gasteiger partial charge in [-0.25, -0.2) is 0 Å². The van der Waals surface area contributed by atoms with Crippen LogP contribution < -0.4 is 10.9 Å². The van der Waals surface area contributed by atoms with Gasteiger partial charge in [0.05, 0.1) is 11.2 Å². The number of aromatic nitrogens is 1. The van der Waals surface area contributed by atoms with Crippen LogP contribution in [0.25, 0.3) is 10.9 Å². The Balaban J connectivity index is 1.76. The van der Waals surface area contributed by atoms with E-state index >= 15 is 0 Å². The van der Waals surface area contributed by atoms with Gasteiger partial charge in [0.1, 0.15) is 16.2 Å². The van der Waals surface area contributed by atoms with Crippen molar-refractivity contribution in [1.82, 2.24) is 4.68 Å². The fraction of sp³-hybridized carbons (Fsp3) is 0.261. The van der Waals surface area contributed by atoms with E-state index in [0.717, 1.165) is 31.4 Å². The Morgan fingerprint density at radius 1 is 1.16 bits per heavy atom. The highest BCUT2D eigenvalue weighted by atomic mass is 32.2. The van der Waals surface area contributed by atoms with Gasteiger partial charge in [-0.05, 0) is 55.9 Å². The van der Waals surface area contributed by atoms with Crippen molar-refractivity contribution in [3.05, 3.63) is 64.4 Å². The lowest BCUT2D eigenvalue weighted by Crippen LogP contribution is -2.32. The average Bonchev–Trinajstić information content (AvgIpc) is 2.76. The molecule has 1 aliphatic heterocycles. The molecule has 0 radical (unpaired) electrons. The van der Waals surface area contributed by atoms with Crippen molar-refractivity contribution in [3.63, 3.8) is 0 Å². The van der Waals surface area contributed by atoms with Gasteiger partial charge in [-0.2, -0.15) is 18.2 Å². The lowest BCUT2D eigenvalue weighted by Gasteiger charge is -2.21. The third kappa shape index (κ3) is 3.38. The van der Waals surface area contributed by atoms with Crippen molar-refractivity contribution in [2.45, 2.75) is 37.5 Å². The topological polar surface area (TPSA) is 113 Å². The standard InChI is InChI=1S/C23H22N4O4S/c1-14-7-6-8-15(13-14)25-27-18-11-4-2-9-16(18)21(28)20(23(27)29)22-24-17-10-3-5-12-19(17)32(30,31)26-22/h2-5,9-12,14,28H,6-8,13H2,1H3,(H,24,26)/t14-/m1/s1. The van der Waals surface area contributed by atoms with Crippen molar-refractivity contribution >= 4 is 38.2 Å². The predicted octanol–water partition coefficient (Wildman–Crippen LogP) is 3.68. The van der Waals surface area contributed by atoms with E-state index < -0.39 is 15.6 Å². The first-order valence-electron chi connectivity index (χ1n) is 10.5. The van der Waals surface area contributed by atoms with Crippen molar-refractivity contribution < 1.29 is 13.5 Å². The van der Waals surface area contributed by atoms with E-state index in [2.05, 4.69) is 21.7 Å². The molecule has 1 aromatic heterocycles. The summed E-state index contributed by atoms with van der Waals surface area (Å²) in [6.07, 6.45) is 3.70. The summed E-state index contributed by atoms with van der Waals surface area (Å²) in [6, 6.07) is 13.2. The first-order chi connectivity index (χ1) is 15.3. The monoisotopic (exact) mass is 450 g/mol. The molecule has 0 spiro atoms. The van der Waals surface area contributed by atoms with Gasteiger partial charge >= 0.3 is 0 Å². The summed E-state index contributed by atoms with van der Waals surface area (Å²) in [5.41, 5.74) is 0.791. The fourth-order valence-electron chi connectivity index (χ4n) is 4.34. The average molecular weight is 451 g/mol. The number of benzene rings is 2. The number of hydrogen-bond donors (Lipinski definition) is 2. The van der Waals surface area contributed by atoms with Crippen LogP contribution in [0.2, 0.25) is 0 Å². The first-order valence-corrected chi connectivity index (χ1v) is 11.9. The van der Waals surface area contributed by atoms with Crippen LogP contribution in [0.4, 0.5) is 5.69 Å². The summed E-state index contributed by atoms with van der Waals surface area (Å²) in [7, 11) is -4.04. The zero-order valence-electron chi connectivity index (χ0n) is 17.4. The van der Waals surface area contributed by atoms with Crippen molar-refractivity contribution in [2.75, 3.05) is 5.32 Å². The van der Waals surface area contributed by atoms with Crippen LogP contribution >= 0.6 is 0 Å². The molecule has 3 aromatic rings. The molecule has 5 rings (SSSR count). The second-order valence-corrected chi connectivity index (χ2v) is 9.83. The van der Waals surface area contributed by atoms with Crippen LogP contribution in [0.5, 0.6) is 5.75 Å². The van der Waals surface area contributed by atoms with E-state index in [-0.39, 0.29) is 22.0 Å². The number of anilines is 1. The number of rotatable bonds is 2. The molecule has 164 valence electrons. The third-order valence-electron chi connectivity index (χ3n) is 5.88. The number of nitrogens with zero attached hydrogens (tertiary/aromatic N) is 3. The molecule has 2 N–H and O–H groups in total. The zero-order chi connectivity index (χ0) is 22.5. The minimum atomic E-state index is -4.04. The Hall–Kier alpha value is -3.46. The third-order valence-corrected chi connectivity index (χ3v) is 7.22. The largest absolute Gasteiger partial charge is 0.506 e. The summed E-state index contributed by atoms with van der Waals surface area (Å²) >= 11 is 0. The maximum absolute atomic E-state index is 13.6. The van der Waals surface area contributed by atoms with Crippen molar-refractivity contribution in [1.29, 1.82) is 0 Å². The molecule has 2 heterocycles. The summed E-state index contributed by atoms with van der Waals surface area (Å²) in [5, 5.41) is 18.9. The lowest BCUT2D eigenvalue weighted by atomic mass is 9.89. The second-order valence-electron chi connectivity index (χ2n) is 8.26. The van der Waals surface area contributed by atoms with Gasteiger partial charge in [-0.1, -0.05) is 31.2 Å². The molecule has 1 fully saturated rings. The number of sulfonamides is 1. The SMILES string of the molecule is C[C@@H]1CCCC(=Nn2c(=O)c(C3=NS(=O)(=O)c4ccccc4N3)c(O)c3ccccc32)C1. The first kappa shape index (κ1) is 20.4. The normalized spacial score (nSPS) is 21.1. The number of fused-ring (bicyclic) bond motifs is 2.